The van der Waals surface area contributed by atoms with Crippen molar-refractivity contribution in [2.24, 2.45) is 5.73 Å². The molecule has 1 unspecified atom stereocenters. The molecule has 6 heteroatoms. The van der Waals surface area contributed by atoms with Crippen LogP contribution in [0.4, 0.5) is 0 Å². The van der Waals surface area contributed by atoms with Crippen molar-refractivity contribution in [3.63, 3.8) is 0 Å². The molecule has 0 spiro atoms. The first-order valence-corrected chi connectivity index (χ1v) is 8.19. The van der Waals surface area contributed by atoms with E-state index in [2.05, 4.69) is 5.32 Å². The van der Waals surface area contributed by atoms with Crippen molar-refractivity contribution in [1.29, 1.82) is 0 Å². The highest BCUT2D eigenvalue weighted by Crippen LogP contribution is 2.29. The molecule has 1 aromatic rings. The predicted molar refractivity (Wildman–Crippen MR) is 87.1 cm³/mol. The summed E-state index contributed by atoms with van der Waals surface area (Å²) in [7, 11) is 3.20. The molecule has 0 bridgehead atoms. The number of rotatable bonds is 8. The Labute approximate surface area is 130 Å². The van der Waals surface area contributed by atoms with E-state index in [1.165, 1.54) is 0 Å². The number of benzene rings is 1. The molecule has 21 heavy (non-hydrogen) atoms. The number of nitrogens with one attached hydrogen (secondary N) is 1. The normalized spacial score (nSPS) is 13.4. The van der Waals surface area contributed by atoms with Crippen LogP contribution >= 0.6 is 11.8 Å². The second kappa shape index (κ2) is 8.79. The van der Waals surface area contributed by atoms with Gasteiger partial charge in [0, 0.05) is 11.6 Å². The van der Waals surface area contributed by atoms with Gasteiger partial charge in [-0.25, -0.2) is 0 Å². The van der Waals surface area contributed by atoms with E-state index in [0.29, 0.717) is 17.9 Å². The zero-order chi connectivity index (χ0) is 15.8. The minimum atomic E-state index is -0.482. The summed E-state index contributed by atoms with van der Waals surface area (Å²) in [6.45, 7) is 1.91. The lowest BCUT2D eigenvalue weighted by atomic mass is 10.1. The summed E-state index contributed by atoms with van der Waals surface area (Å²) < 4.78 is 10.5. The smallest absolute Gasteiger partial charge is 0.237 e. The van der Waals surface area contributed by atoms with Crippen LogP contribution in [-0.2, 0) is 4.79 Å². The Hall–Kier alpha value is -1.40. The van der Waals surface area contributed by atoms with Crippen LogP contribution in [0.25, 0.3) is 0 Å². The fourth-order valence-corrected chi connectivity index (χ4v) is 2.44. The highest BCUT2D eigenvalue weighted by molar-refractivity contribution is 7.98. The summed E-state index contributed by atoms with van der Waals surface area (Å²) >= 11 is 1.68. The van der Waals surface area contributed by atoms with Gasteiger partial charge in [-0.05, 0) is 37.5 Å². The van der Waals surface area contributed by atoms with Crippen LogP contribution in [0, 0.1) is 0 Å². The fraction of sp³-hybridized carbons (Fsp3) is 0.533. The molecule has 0 heterocycles. The highest BCUT2D eigenvalue weighted by atomic mass is 32.2. The highest BCUT2D eigenvalue weighted by Gasteiger charge is 2.18. The summed E-state index contributed by atoms with van der Waals surface area (Å²) in [5.41, 5.74) is 6.76. The molecule has 0 radical (unpaired) electrons. The SMILES string of the molecule is COc1ccc(C(C)NC(=O)[C@H](N)CCSC)c(OC)c1. The Kier molecular flexibility index (Phi) is 7.39. The van der Waals surface area contributed by atoms with E-state index in [4.69, 9.17) is 15.2 Å². The summed E-state index contributed by atoms with van der Waals surface area (Å²) in [5.74, 6) is 2.12. The molecule has 118 valence electrons. The van der Waals surface area contributed by atoms with Crippen LogP contribution in [-0.4, -0.2) is 38.2 Å². The van der Waals surface area contributed by atoms with Crippen molar-refractivity contribution in [3.8, 4) is 11.5 Å². The first-order chi connectivity index (χ1) is 10.0. The zero-order valence-corrected chi connectivity index (χ0v) is 13.8. The predicted octanol–water partition coefficient (Wildman–Crippen LogP) is 1.96. The summed E-state index contributed by atoms with van der Waals surface area (Å²) in [6, 6.07) is 4.86. The lowest BCUT2D eigenvalue weighted by molar-refractivity contribution is -0.123. The van der Waals surface area contributed by atoms with Gasteiger partial charge in [-0.3, -0.25) is 4.79 Å². The van der Waals surface area contributed by atoms with Crippen molar-refractivity contribution >= 4 is 17.7 Å². The van der Waals surface area contributed by atoms with Gasteiger partial charge in [0.25, 0.3) is 0 Å². The number of methoxy groups -OCH3 is 2. The third-order valence-electron chi connectivity index (χ3n) is 3.24. The Morgan fingerprint density at radius 3 is 2.67 bits per heavy atom. The van der Waals surface area contributed by atoms with E-state index in [1.54, 1.807) is 32.0 Å². The molecular formula is C15H24N2O3S. The molecule has 1 aromatic carbocycles. The molecule has 0 aromatic heterocycles. The van der Waals surface area contributed by atoms with Crippen LogP contribution in [0.5, 0.6) is 11.5 Å². The number of hydrogen-bond acceptors (Lipinski definition) is 5. The van der Waals surface area contributed by atoms with Crippen molar-refractivity contribution < 1.29 is 14.3 Å². The number of thioether (sulfide) groups is 1. The third-order valence-corrected chi connectivity index (χ3v) is 3.88. The van der Waals surface area contributed by atoms with Crippen LogP contribution < -0.4 is 20.5 Å². The van der Waals surface area contributed by atoms with Crippen molar-refractivity contribution in [2.45, 2.75) is 25.4 Å². The summed E-state index contributed by atoms with van der Waals surface area (Å²) in [4.78, 5) is 12.0. The van der Waals surface area contributed by atoms with Gasteiger partial charge in [0.1, 0.15) is 11.5 Å². The molecule has 3 N–H and O–H groups in total. The average molecular weight is 312 g/mol. The quantitative estimate of drug-likeness (QED) is 0.767. The molecule has 1 amide bonds. The maximum absolute atomic E-state index is 12.0. The summed E-state index contributed by atoms with van der Waals surface area (Å²) in [6.07, 6.45) is 2.66. The molecule has 0 aliphatic heterocycles. The Morgan fingerprint density at radius 2 is 2.10 bits per heavy atom. The van der Waals surface area contributed by atoms with Gasteiger partial charge in [-0.15, -0.1) is 0 Å². The van der Waals surface area contributed by atoms with E-state index in [0.717, 1.165) is 11.3 Å². The van der Waals surface area contributed by atoms with Crippen LogP contribution in [0.15, 0.2) is 18.2 Å². The van der Waals surface area contributed by atoms with Crippen LogP contribution in [0.2, 0.25) is 0 Å². The van der Waals surface area contributed by atoms with Crippen molar-refractivity contribution in [2.75, 3.05) is 26.2 Å². The molecule has 0 saturated heterocycles. The van der Waals surface area contributed by atoms with Gasteiger partial charge in [0.05, 0.1) is 26.3 Å². The third kappa shape index (κ3) is 5.13. The van der Waals surface area contributed by atoms with Crippen molar-refractivity contribution in [1.82, 2.24) is 5.32 Å². The largest absolute Gasteiger partial charge is 0.497 e. The van der Waals surface area contributed by atoms with Gasteiger partial charge in [0.15, 0.2) is 0 Å². The Balaban J connectivity index is 2.74. The lowest BCUT2D eigenvalue weighted by Gasteiger charge is -2.20. The number of carbonyl (C=O) groups excluding carboxylic acids is 1. The van der Waals surface area contributed by atoms with Gasteiger partial charge >= 0.3 is 0 Å². The monoisotopic (exact) mass is 312 g/mol. The minimum Gasteiger partial charge on any atom is -0.497 e. The second-order valence-electron chi connectivity index (χ2n) is 4.73. The molecule has 0 aliphatic rings. The molecule has 0 aliphatic carbocycles. The van der Waals surface area contributed by atoms with Crippen LogP contribution in [0.3, 0.4) is 0 Å². The maximum atomic E-state index is 12.0. The fourth-order valence-electron chi connectivity index (χ4n) is 1.95. The van der Waals surface area contributed by atoms with Crippen LogP contribution in [0.1, 0.15) is 24.9 Å². The standard InChI is InChI=1S/C15H24N2O3S/c1-10(17-15(18)13(16)7-8-21-4)12-6-5-11(19-2)9-14(12)20-3/h5-6,9-10,13H,7-8,16H2,1-4H3,(H,17,18)/t10?,13-/m1/s1. The second-order valence-corrected chi connectivity index (χ2v) is 5.71. The van der Waals surface area contributed by atoms with Crippen molar-refractivity contribution in [3.05, 3.63) is 23.8 Å². The van der Waals surface area contributed by atoms with E-state index in [9.17, 15) is 4.79 Å². The summed E-state index contributed by atoms with van der Waals surface area (Å²) in [5, 5.41) is 2.92. The maximum Gasteiger partial charge on any atom is 0.237 e. The molecule has 0 fully saturated rings. The van der Waals surface area contributed by atoms with Gasteiger partial charge in [-0.1, -0.05) is 0 Å². The topological polar surface area (TPSA) is 73.6 Å². The number of nitrogens with two attached hydrogens (primary N) is 1. The molecule has 0 saturated carbocycles. The average Bonchev–Trinajstić information content (AvgIpc) is 2.51. The number of amides is 1. The van der Waals surface area contributed by atoms with E-state index in [-0.39, 0.29) is 11.9 Å². The molecule has 5 nitrogen and oxygen atoms in total. The van der Waals surface area contributed by atoms with Gasteiger partial charge < -0.3 is 20.5 Å². The van der Waals surface area contributed by atoms with Gasteiger partial charge in [0.2, 0.25) is 5.91 Å². The molecular weight excluding hydrogens is 288 g/mol. The Bertz CT molecular complexity index is 468. The molecule has 1 rings (SSSR count). The molecule has 2 atom stereocenters. The van der Waals surface area contributed by atoms with E-state index >= 15 is 0 Å². The number of hydrogen-bond donors (Lipinski definition) is 2. The number of carbonyl (C=O) groups is 1. The Morgan fingerprint density at radius 1 is 1.38 bits per heavy atom. The van der Waals surface area contributed by atoms with Gasteiger partial charge in [-0.2, -0.15) is 11.8 Å². The lowest BCUT2D eigenvalue weighted by Crippen LogP contribution is -2.42. The number of ether oxygens (including phenoxy) is 2. The van der Waals surface area contributed by atoms with E-state index in [1.807, 2.05) is 25.3 Å². The first-order valence-electron chi connectivity index (χ1n) is 6.80. The zero-order valence-electron chi connectivity index (χ0n) is 13.0. The van der Waals surface area contributed by atoms with E-state index < -0.39 is 6.04 Å². The first kappa shape index (κ1) is 17.7. The minimum absolute atomic E-state index is 0.144.